The van der Waals surface area contributed by atoms with Crippen molar-refractivity contribution in [3.8, 4) is 0 Å². The number of para-hydroxylation sites is 2. The molecule has 5 heteroatoms. The molecule has 0 saturated heterocycles. The van der Waals surface area contributed by atoms with Gasteiger partial charge in [0.2, 0.25) is 11.8 Å². The lowest BCUT2D eigenvalue weighted by Gasteiger charge is -2.32. The van der Waals surface area contributed by atoms with Crippen LogP contribution in [0.15, 0.2) is 48.5 Å². The van der Waals surface area contributed by atoms with Crippen molar-refractivity contribution in [3.05, 3.63) is 59.7 Å². The van der Waals surface area contributed by atoms with Gasteiger partial charge < -0.3 is 15.5 Å². The summed E-state index contributed by atoms with van der Waals surface area (Å²) in [6, 6.07) is 16.4. The summed E-state index contributed by atoms with van der Waals surface area (Å²) in [5, 5.41) is 5.83. The second-order valence-electron chi connectivity index (χ2n) is 8.26. The molecule has 2 aromatic rings. The standard InChI is InChI=1S/C23H29N3O2/c1-23(2,3)22(28)24-14-12-21(27)25-19-10-6-7-11-20(19)26-15-13-17-8-4-5-9-18(17)16-26/h4-11H,12-16H2,1-3H3,(H,24,28)(H,25,27). The number of anilines is 2. The van der Waals surface area contributed by atoms with Crippen LogP contribution in [0.4, 0.5) is 11.4 Å². The highest BCUT2D eigenvalue weighted by Gasteiger charge is 2.21. The minimum atomic E-state index is -0.451. The van der Waals surface area contributed by atoms with Crippen LogP contribution < -0.4 is 15.5 Å². The Morgan fingerprint density at radius 3 is 2.43 bits per heavy atom. The van der Waals surface area contributed by atoms with Crippen LogP contribution in [0.25, 0.3) is 0 Å². The van der Waals surface area contributed by atoms with Crippen molar-refractivity contribution >= 4 is 23.2 Å². The molecule has 0 fully saturated rings. The Hall–Kier alpha value is -2.82. The number of amides is 2. The molecule has 2 amide bonds. The van der Waals surface area contributed by atoms with Gasteiger partial charge in [-0.3, -0.25) is 9.59 Å². The maximum atomic E-state index is 12.4. The Labute approximate surface area is 167 Å². The molecule has 28 heavy (non-hydrogen) atoms. The van der Waals surface area contributed by atoms with Gasteiger partial charge in [0.15, 0.2) is 0 Å². The third-order valence-corrected chi connectivity index (χ3v) is 4.97. The van der Waals surface area contributed by atoms with Gasteiger partial charge in [0.05, 0.1) is 11.4 Å². The zero-order valence-corrected chi connectivity index (χ0v) is 16.9. The van der Waals surface area contributed by atoms with Gasteiger partial charge in [-0.25, -0.2) is 0 Å². The van der Waals surface area contributed by atoms with E-state index in [-0.39, 0.29) is 18.2 Å². The summed E-state index contributed by atoms with van der Waals surface area (Å²) in [5.74, 6) is -0.147. The van der Waals surface area contributed by atoms with E-state index in [1.807, 2.05) is 45.0 Å². The number of hydrogen-bond donors (Lipinski definition) is 2. The summed E-state index contributed by atoms with van der Waals surface area (Å²) >= 11 is 0. The summed E-state index contributed by atoms with van der Waals surface area (Å²) in [7, 11) is 0. The maximum absolute atomic E-state index is 12.4. The third-order valence-electron chi connectivity index (χ3n) is 4.97. The average molecular weight is 380 g/mol. The van der Waals surface area contributed by atoms with Gasteiger partial charge in [0.25, 0.3) is 0 Å². The van der Waals surface area contributed by atoms with E-state index in [9.17, 15) is 9.59 Å². The lowest BCUT2D eigenvalue weighted by atomic mass is 9.96. The topological polar surface area (TPSA) is 61.4 Å². The number of hydrogen-bond acceptors (Lipinski definition) is 3. The number of nitrogens with zero attached hydrogens (tertiary/aromatic N) is 1. The van der Waals surface area contributed by atoms with Crippen LogP contribution in [-0.2, 0) is 22.6 Å². The van der Waals surface area contributed by atoms with Gasteiger partial charge in [-0.1, -0.05) is 57.2 Å². The molecule has 0 bridgehead atoms. The van der Waals surface area contributed by atoms with E-state index in [1.54, 1.807) is 0 Å². The van der Waals surface area contributed by atoms with Crippen molar-refractivity contribution in [1.82, 2.24) is 5.32 Å². The van der Waals surface area contributed by atoms with E-state index < -0.39 is 5.41 Å². The highest BCUT2D eigenvalue weighted by Crippen LogP contribution is 2.30. The van der Waals surface area contributed by atoms with E-state index in [1.165, 1.54) is 11.1 Å². The first kappa shape index (κ1) is 19.9. The molecule has 3 rings (SSSR count). The number of nitrogens with one attached hydrogen (secondary N) is 2. The molecule has 2 aromatic carbocycles. The Morgan fingerprint density at radius 1 is 1.00 bits per heavy atom. The molecular formula is C23H29N3O2. The maximum Gasteiger partial charge on any atom is 0.226 e. The lowest BCUT2D eigenvalue weighted by molar-refractivity contribution is -0.128. The Kier molecular flexibility index (Phi) is 6.02. The minimum Gasteiger partial charge on any atom is -0.365 e. The van der Waals surface area contributed by atoms with Crippen molar-refractivity contribution in [2.75, 3.05) is 23.3 Å². The Morgan fingerprint density at radius 2 is 1.68 bits per heavy atom. The number of rotatable bonds is 5. The van der Waals surface area contributed by atoms with E-state index in [0.717, 1.165) is 30.9 Å². The molecule has 0 radical (unpaired) electrons. The van der Waals surface area contributed by atoms with E-state index in [2.05, 4.69) is 39.8 Å². The molecule has 0 saturated carbocycles. The minimum absolute atomic E-state index is 0.0484. The van der Waals surface area contributed by atoms with E-state index >= 15 is 0 Å². The first-order chi connectivity index (χ1) is 13.3. The van der Waals surface area contributed by atoms with Crippen LogP contribution in [0.1, 0.15) is 38.3 Å². The molecule has 1 aliphatic rings. The van der Waals surface area contributed by atoms with E-state index in [0.29, 0.717) is 6.54 Å². The Bertz CT molecular complexity index is 855. The van der Waals surface area contributed by atoms with Crippen molar-refractivity contribution < 1.29 is 9.59 Å². The monoisotopic (exact) mass is 379 g/mol. The molecule has 5 nitrogen and oxygen atoms in total. The molecule has 2 N–H and O–H groups in total. The summed E-state index contributed by atoms with van der Waals surface area (Å²) in [6.07, 6.45) is 1.25. The average Bonchev–Trinajstić information content (AvgIpc) is 2.67. The van der Waals surface area contributed by atoms with Gasteiger partial charge >= 0.3 is 0 Å². The summed E-state index contributed by atoms with van der Waals surface area (Å²) in [6.45, 7) is 7.66. The van der Waals surface area contributed by atoms with Crippen LogP contribution in [-0.4, -0.2) is 24.9 Å². The van der Waals surface area contributed by atoms with Crippen LogP contribution in [0.3, 0.4) is 0 Å². The highest BCUT2D eigenvalue weighted by atomic mass is 16.2. The number of carbonyl (C=O) groups is 2. The largest absolute Gasteiger partial charge is 0.365 e. The zero-order valence-electron chi connectivity index (χ0n) is 16.9. The van der Waals surface area contributed by atoms with Crippen molar-refractivity contribution in [1.29, 1.82) is 0 Å². The molecule has 0 aliphatic carbocycles. The van der Waals surface area contributed by atoms with Crippen molar-refractivity contribution in [3.63, 3.8) is 0 Å². The van der Waals surface area contributed by atoms with E-state index in [4.69, 9.17) is 0 Å². The second-order valence-corrected chi connectivity index (χ2v) is 8.26. The van der Waals surface area contributed by atoms with Crippen LogP contribution in [0.2, 0.25) is 0 Å². The normalized spacial score (nSPS) is 13.6. The zero-order chi connectivity index (χ0) is 20.1. The molecule has 148 valence electrons. The van der Waals surface area contributed by atoms with Crippen LogP contribution in [0, 0.1) is 5.41 Å². The summed E-state index contributed by atoms with van der Waals surface area (Å²) < 4.78 is 0. The number of benzene rings is 2. The van der Waals surface area contributed by atoms with Gasteiger partial charge in [0.1, 0.15) is 0 Å². The second kappa shape index (κ2) is 8.46. The quantitative estimate of drug-likeness (QED) is 0.832. The molecular weight excluding hydrogens is 350 g/mol. The summed E-state index contributed by atoms with van der Waals surface area (Å²) in [5.41, 5.74) is 4.13. The fraction of sp³-hybridized carbons (Fsp3) is 0.391. The lowest BCUT2D eigenvalue weighted by Crippen LogP contribution is -2.36. The molecule has 0 unspecified atom stereocenters. The van der Waals surface area contributed by atoms with Gasteiger partial charge in [-0.05, 0) is 29.7 Å². The number of carbonyl (C=O) groups excluding carboxylic acids is 2. The summed E-state index contributed by atoms with van der Waals surface area (Å²) in [4.78, 5) is 26.6. The smallest absolute Gasteiger partial charge is 0.226 e. The van der Waals surface area contributed by atoms with Gasteiger partial charge in [-0.2, -0.15) is 0 Å². The van der Waals surface area contributed by atoms with Crippen molar-refractivity contribution in [2.45, 2.75) is 40.2 Å². The van der Waals surface area contributed by atoms with Gasteiger partial charge in [0, 0.05) is 31.5 Å². The molecule has 1 aliphatic heterocycles. The van der Waals surface area contributed by atoms with Crippen molar-refractivity contribution in [2.24, 2.45) is 5.41 Å². The molecule has 0 aromatic heterocycles. The fourth-order valence-corrected chi connectivity index (χ4v) is 3.32. The van der Waals surface area contributed by atoms with Crippen LogP contribution in [0.5, 0.6) is 0 Å². The first-order valence-electron chi connectivity index (χ1n) is 9.83. The molecule has 1 heterocycles. The predicted molar refractivity (Wildman–Crippen MR) is 113 cm³/mol. The Balaban J connectivity index is 1.62. The first-order valence-corrected chi connectivity index (χ1v) is 9.83. The van der Waals surface area contributed by atoms with Gasteiger partial charge in [-0.15, -0.1) is 0 Å². The molecule has 0 spiro atoms. The molecule has 0 atom stereocenters. The fourth-order valence-electron chi connectivity index (χ4n) is 3.32. The third kappa shape index (κ3) is 4.91. The van der Waals surface area contributed by atoms with Crippen LogP contribution >= 0.6 is 0 Å². The SMILES string of the molecule is CC(C)(C)C(=O)NCCC(=O)Nc1ccccc1N1CCc2ccccc2C1. The predicted octanol–water partition coefficient (Wildman–Crippen LogP) is 3.74. The number of fused-ring (bicyclic) bond motifs is 1. The highest BCUT2D eigenvalue weighted by molar-refractivity contribution is 5.94.